The highest BCUT2D eigenvalue weighted by Crippen LogP contribution is 2.19. The highest BCUT2D eigenvalue weighted by Gasteiger charge is 2.16. The van der Waals surface area contributed by atoms with Crippen molar-refractivity contribution in [2.75, 3.05) is 39.2 Å². The van der Waals surface area contributed by atoms with Crippen LogP contribution < -0.4 is 10.6 Å². The average Bonchev–Trinajstić information content (AvgIpc) is 2.45. The van der Waals surface area contributed by atoms with Gasteiger partial charge in [-0.1, -0.05) is 6.07 Å². The number of halogens is 1. The first-order valence-corrected chi connectivity index (χ1v) is 6.46. The van der Waals surface area contributed by atoms with E-state index in [4.69, 9.17) is 9.47 Å². The van der Waals surface area contributed by atoms with Gasteiger partial charge in [0.2, 0.25) is 0 Å². The van der Waals surface area contributed by atoms with Crippen LogP contribution in [0.3, 0.4) is 0 Å². The van der Waals surface area contributed by atoms with Crippen molar-refractivity contribution in [3.8, 4) is 0 Å². The van der Waals surface area contributed by atoms with Gasteiger partial charge in [0, 0.05) is 27.3 Å². The summed E-state index contributed by atoms with van der Waals surface area (Å²) in [4.78, 5) is 12.1. The van der Waals surface area contributed by atoms with Crippen molar-refractivity contribution in [2.24, 2.45) is 0 Å². The minimum Gasteiger partial charge on any atom is -0.382 e. The summed E-state index contributed by atoms with van der Waals surface area (Å²) in [6.45, 7) is 3.05. The fourth-order valence-electron chi connectivity index (χ4n) is 1.77. The Balaban J connectivity index is 2.74. The molecule has 0 aliphatic rings. The maximum atomic E-state index is 13.7. The molecule has 1 rings (SSSR count). The Bertz CT molecular complexity index is 440. The van der Waals surface area contributed by atoms with Crippen LogP contribution in [-0.4, -0.2) is 45.9 Å². The SMILES string of the molecule is CCNc1c(F)cccc1C(=O)NCC(COC)OC. The van der Waals surface area contributed by atoms with Crippen LogP contribution in [-0.2, 0) is 9.47 Å². The molecule has 0 fully saturated rings. The van der Waals surface area contributed by atoms with Gasteiger partial charge in [0.1, 0.15) is 5.82 Å². The first-order chi connectivity index (χ1) is 9.63. The lowest BCUT2D eigenvalue weighted by atomic mass is 10.1. The first kappa shape index (κ1) is 16.4. The van der Waals surface area contributed by atoms with E-state index >= 15 is 0 Å². The van der Waals surface area contributed by atoms with Crippen molar-refractivity contribution < 1.29 is 18.7 Å². The number of carbonyl (C=O) groups is 1. The van der Waals surface area contributed by atoms with Crippen LogP contribution in [0, 0.1) is 5.82 Å². The van der Waals surface area contributed by atoms with Crippen LogP contribution >= 0.6 is 0 Å². The highest BCUT2D eigenvalue weighted by atomic mass is 19.1. The number of methoxy groups -OCH3 is 2. The summed E-state index contributed by atoms with van der Waals surface area (Å²) in [5, 5.41) is 5.57. The molecule has 1 aromatic rings. The van der Waals surface area contributed by atoms with Crippen LogP contribution in [0.1, 0.15) is 17.3 Å². The monoisotopic (exact) mass is 284 g/mol. The molecule has 0 aliphatic carbocycles. The summed E-state index contributed by atoms with van der Waals surface area (Å²) in [5.74, 6) is -0.793. The Labute approximate surface area is 118 Å². The summed E-state index contributed by atoms with van der Waals surface area (Å²) in [5.41, 5.74) is 0.493. The van der Waals surface area contributed by atoms with Crippen LogP contribution in [0.2, 0.25) is 0 Å². The molecule has 0 radical (unpaired) electrons. The number of amides is 1. The van der Waals surface area contributed by atoms with E-state index < -0.39 is 5.82 Å². The van der Waals surface area contributed by atoms with E-state index in [0.717, 1.165) is 0 Å². The number of ether oxygens (including phenoxy) is 2. The Morgan fingerprint density at radius 2 is 2.15 bits per heavy atom. The van der Waals surface area contributed by atoms with E-state index in [1.165, 1.54) is 12.1 Å². The topological polar surface area (TPSA) is 59.6 Å². The van der Waals surface area contributed by atoms with Crippen molar-refractivity contribution >= 4 is 11.6 Å². The molecule has 0 spiro atoms. The summed E-state index contributed by atoms with van der Waals surface area (Å²) in [6.07, 6.45) is -0.236. The van der Waals surface area contributed by atoms with Crippen LogP contribution in [0.4, 0.5) is 10.1 Å². The lowest BCUT2D eigenvalue weighted by Crippen LogP contribution is -2.36. The van der Waals surface area contributed by atoms with Crippen molar-refractivity contribution in [1.29, 1.82) is 0 Å². The smallest absolute Gasteiger partial charge is 0.253 e. The van der Waals surface area contributed by atoms with Crippen molar-refractivity contribution in [3.63, 3.8) is 0 Å². The van der Waals surface area contributed by atoms with E-state index in [1.54, 1.807) is 20.3 Å². The van der Waals surface area contributed by atoms with E-state index in [0.29, 0.717) is 19.7 Å². The van der Waals surface area contributed by atoms with E-state index in [-0.39, 0.29) is 23.3 Å². The molecule has 2 N–H and O–H groups in total. The summed E-state index contributed by atoms with van der Waals surface area (Å²) >= 11 is 0. The van der Waals surface area contributed by atoms with Crippen molar-refractivity contribution in [3.05, 3.63) is 29.6 Å². The average molecular weight is 284 g/mol. The van der Waals surface area contributed by atoms with E-state index in [2.05, 4.69) is 10.6 Å². The number of nitrogens with one attached hydrogen (secondary N) is 2. The summed E-state index contributed by atoms with van der Waals surface area (Å²) in [6, 6.07) is 4.40. The molecule has 6 heteroatoms. The fraction of sp³-hybridized carbons (Fsp3) is 0.500. The van der Waals surface area contributed by atoms with Crippen molar-refractivity contribution in [2.45, 2.75) is 13.0 Å². The normalized spacial score (nSPS) is 12.0. The molecule has 1 unspecified atom stereocenters. The largest absolute Gasteiger partial charge is 0.382 e. The highest BCUT2D eigenvalue weighted by molar-refractivity contribution is 5.99. The van der Waals surface area contributed by atoms with Gasteiger partial charge >= 0.3 is 0 Å². The molecule has 0 heterocycles. The third-order valence-corrected chi connectivity index (χ3v) is 2.79. The standard InChI is InChI=1S/C14H21FN2O3/c1-4-16-13-11(6-5-7-12(13)15)14(18)17-8-10(20-3)9-19-2/h5-7,10,16H,4,8-9H2,1-3H3,(H,17,18). The maximum absolute atomic E-state index is 13.7. The fourth-order valence-corrected chi connectivity index (χ4v) is 1.77. The van der Waals surface area contributed by atoms with Gasteiger partial charge in [-0.15, -0.1) is 0 Å². The number of para-hydroxylation sites is 1. The van der Waals surface area contributed by atoms with E-state index in [1.807, 2.05) is 6.92 Å². The van der Waals surface area contributed by atoms with Gasteiger partial charge in [0.05, 0.1) is 24.0 Å². The number of hydrogen-bond donors (Lipinski definition) is 2. The predicted octanol–water partition coefficient (Wildman–Crippen LogP) is 1.65. The molecule has 0 aliphatic heterocycles. The van der Waals surface area contributed by atoms with Gasteiger partial charge in [0.25, 0.3) is 5.91 Å². The van der Waals surface area contributed by atoms with Gasteiger partial charge in [-0.3, -0.25) is 4.79 Å². The third kappa shape index (κ3) is 4.47. The maximum Gasteiger partial charge on any atom is 0.253 e. The van der Waals surface area contributed by atoms with Crippen LogP contribution in [0.25, 0.3) is 0 Å². The Kier molecular flexibility index (Phi) is 6.97. The summed E-state index contributed by atoms with van der Waals surface area (Å²) in [7, 11) is 3.10. The minimum atomic E-state index is -0.445. The number of benzene rings is 1. The lowest BCUT2D eigenvalue weighted by molar-refractivity contribution is 0.0285. The predicted molar refractivity (Wildman–Crippen MR) is 75.6 cm³/mol. The molecule has 0 saturated heterocycles. The first-order valence-electron chi connectivity index (χ1n) is 6.46. The lowest BCUT2D eigenvalue weighted by Gasteiger charge is -2.16. The molecular formula is C14H21FN2O3. The van der Waals surface area contributed by atoms with Gasteiger partial charge in [-0.2, -0.15) is 0 Å². The molecule has 0 aromatic heterocycles. The number of hydrogen-bond acceptors (Lipinski definition) is 4. The number of anilines is 1. The quantitative estimate of drug-likeness (QED) is 0.762. The molecule has 1 amide bonds. The van der Waals surface area contributed by atoms with Gasteiger partial charge in [-0.05, 0) is 19.1 Å². The molecule has 1 aromatic carbocycles. The second kappa shape index (κ2) is 8.50. The van der Waals surface area contributed by atoms with Gasteiger partial charge in [0.15, 0.2) is 0 Å². The van der Waals surface area contributed by atoms with Crippen LogP contribution in [0.5, 0.6) is 0 Å². The van der Waals surface area contributed by atoms with E-state index in [9.17, 15) is 9.18 Å². The van der Waals surface area contributed by atoms with Crippen LogP contribution in [0.15, 0.2) is 18.2 Å². The number of rotatable bonds is 8. The zero-order valence-corrected chi connectivity index (χ0v) is 12.0. The second-order valence-electron chi connectivity index (χ2n) is 4.22. The molecule has 112 valence electrons. The summed E-state index contributed by atoms with van der Waals surface area (Å²) < 4.78 is 23.8. The third-order valence-electron chi connectivity index (χ3n) is 2.79. The second-order valence-corrected chi connectivity index (χ2v) is 4.22. The molecule has 5 nitrogen and oxygen atoms in total. The Morgan fingerprint density at radius 1 is 1.40 bits per heavy atom. The zero-order chi connectivity index (χ0) is 15.0. The molecule has 0 bridgehead atoms. The minimum absolute atomic E-state index is 0.216. The zero-order valence-electron chi connectivity index (χ0n) is 12.0. The molecular weight excluding hydrogens is 263 g/mol. The van der Waals surface area contributed by atoms with Gasteiger partial charge in [-0.25, -0.2) is 4.39 Å². The number of carbonyl (C=O) groups excluding carboxylic acids is 1. The Morgan fingerprint density at radius 3 is 2.75 bits per heavy atom. The van der Waals surface area contributed by atoms with Gasteiger partial charge < -0.3 is 20.1 Å². The Hall–Kier alpha value is -1.66. The molecule has 20 heavy (non-hydrogen) atoms. The van der Waals surface area contributed by atoms with Crippen molar-refractivity contribution in [1.82, 2.24) is 5.32 Å². The molecule has 1 atom stereocenters. The molecule has 0 saturated carbocycles.